The molecule has 0 aliphatic heterocycles. The van der Waals surface area contributed by atoms with E-state index < -0.39 is 0 Å². The summed E-state index contributed by atoms with van der Waals surface area (Å²) in [4.78, 5) is 0. The zero-order chi connectivity index (χ0) is 22.0. The van der Waals surface area contributed by atoms with Crippen molar-refractivity contribution in [3.63, 3.8) is 0 Å². The smallest absolute Gasteiger partial charge is 0.0543 e. The summed E-state index contributed by atoms with van der Waals surface area (Å²) in [6.07, 6.45) is 34.6. The molecular weight excluding hydrogens is 364 g/mol. The summed E-state index contributed by atoms with van der Waals surface area (Å²) in [5, 5.41) is 3.37. The Labute approximate surface area is 191 Å². The van der Waals surface area contributed by atoms with Crippen LogP contribution < -0.4 is 11.1 Å². The maximum absolute atomic E-state index is 5.86. The van der Waals surface area contributed by atoms with Crippen molar-refractivity contribution in [2.24, 2.45) is 5.73 Å². The monoisotopic (exact) mass is 424 g/mol. The maximum Gasteiger partial charge on any atom is 0.0543 e. The van der Waals surface area contributed by atoms with Crippen molar-refractivity contribution in [2.75, 3.05) is 6.54 Å². The molecule has 30 heavy (non-hydrogen) atoms. The molecule has 0 aromatic rings. The van der Waals surface area contributed by atoms with E-state index in [2.05, 4.69) is 19.2 Å². The van der Waals surface area contributed by atoms with Gasteiger partial charge in [0.15, 0.2) is 0 Å². The first-order valence-corrected chi connectivity index (χ1v) is 14.3. The molecule has 0 spiro atoms. The first-order valence-electron chi connectivity index (χ1n) is 14.3. The standard InChI is InChI=1S/C28H60N2/c1-3-5-6-7-8-9-10-11-12-13-14-15-16-17-18-19-20-21-22-23-24-25-26-27-30-28(29)4-2/h28,30H,3-27,29H2,1-2H3. The van der Waals surface area contributed by atoms with Crippen molar-refractivity contribution in [3.05, 3.63) is 0 Å². The van der Waals surface area contributed by atoms with Crippen molar-refractivity contribution in [3.8, 4) is 0 Å². The fraction of sp³-hybridized carbons (Fsp3) is 1.00. The van der Waals surface area contributed by atoms with E-state index in [1.807, 2.05) is 0 Å². The third-order valence-corrected chi connectivity index (χ3v) is 6.63. The molecule has 0 rings (SSSR count). The lowest BCUT2D eigenvalue weighted by Gasteiger charge is -2.10. The van der Waals surface area contributed by atoms with Gasteiger partial charge in [0.1, 0.15) is 0 Å². The van der Waals surface area contributed by atoms with Crippen molar-refractivity contribution in [2.45, 2.75) is 174 Å². The Morgan fingerprint density at radius 2 is 0.700 bits per heavy atom. The Morgan fingerprint density at radius 1 is 0.433 bits per heavy atom. The molecule has 0 saturated heterocycles. The Hall–Kier alpha value is -0.0800. The molecule has 0 bridgehead atoms. The van der Waals surface area contributed by atoms with Gasteiger partial charge in [0.2, 0.25) is 0 Å². The number of unbranched alkanes of at least 4 members (excludes halogenated alkanes) is 22. The van der Waals surface area contributed by atoms with Gasteiger partial charge in [-0.3, -0.25) is 0 Å². The minimum Gasteiger partial charge on any atom is -0.316 e. The van der Waals surface area contributed by atoms with E-state index in [4.69, 9.17) is 5.73 Å². The van der Waals surface area contributed by atoms with Gasteiger partial charge in [-0.05, 0) is 19.4 Å². The van der Waals surface area contributed by atoms with E-state index in [0.29, 0.717) is 0 Å². The Morgan fingerprint density at radius 3 is 0.967 bits per heavy atom. The molecule has 0 amide bonds. The fourth-order valence-electron chi connectivity index (χ4n) is 4.34. The van der Waals surface area contributed by atoms with Gasteiger partial charge >= 0.3 is 0 Å². The molecule has 0 aromatic carbocycles. The van der Waals surface area contributed by atoms with Crippen molar-refractivity contribution in [1.82, 2.24) is 5.32 Å². The topological polar surface area (TPSA) is 38.0 Å². The third-order valence-electron chi connectivity index (χ3n) is 6.63. The fourth-order valence-corrected chi connectivity index (χ4v) is 4.34. The molecule has 0 aromatic heterocycles. The van der Waals surface area contributed by atoms with Gasteiger partial charge in [0.05, 0.1) is 6.17 Å². The highest BCUT2D eigenvalue weighted by Gasteiger charge is 1.97. The zero-order valence-corrected chi connectivity index (χ0v) is 21.3. The van der Waals surface area contributed by atoms with E-state index in [9.17, 15) is 0 Å². The SMILES string of the molecule is CCCCCCCCCCCCCCCCCCCCCCCCCNC(N)CC. The Bertz CT molecular complexity index is 292. The largest absolute Gasteiger partial charge is 0.316 e. The maximum atomic E-state index is 5.86. The first kappa shape index (κ1) is 29.9. The first-order chi connectivity index (χ1) is 14.8. The minimum atomic E-state index is 0.199. The molecule has 1 atom stereocenters. The predicted octanol–water partition coefficient (Wildman–Crippen LogP) is 9.26. The van der Waals surface area contributed by atoms with Crippen LogP contribution in [-0.2, 0) is 0 Å². The van der Waals surface area contributed by atoms with Crippen LogP contribution in [0.4, 0.5) is 0 Å². The summed E-state index contributed by atoms with van der Waals surface area (Å²) in [5.41, 5.74) is 5.86. The molecule has 0 aliphatic rings. The highest BCUT2D eigenvalue weighted by Crippen LogP contribution is 2.15. The third kappa shape index (κ3) is 26.0. The lowest BCUT2D eigenvalue weighted by atomic mass is 10.0. The highest BCUT2D eigenvalue weighted by atomic mass is 15.0. The Balaban J connectivity index is 3.00. The minimum absolute atomic E-state index is 0.199. The van der Waals surface area contributed by atoms with Crippen LogP contribution >= 0.6 is 0 Å². The van der Waals surface area contributed by atoms with Gasteiger partial charge < -0.3 is 11.1 Å². The van der Waals surface area contributed by atoms with Gasteiger partial charge in [-0.2, -0.15) is 0 Å². The summed E-state index contributed by atoms with van der Waals surface area (Å²) >= 11 is 0. The lowest BCUT2D eigenvalue weighted by Crippen LogP contribution is -2.37. The zero-order valence-electron chi connectivity index (χ0n) is 21.3. The average molecular weight is 425 g/mol. The van der Waals surface area contributed by atoms with Crippen LogP contribution in [0, 0.1) is 0 Å². The second kappa shape index (κ2) is 27.0. The second-order valence-electron chi connectivity index (χ2n) is 9.75. The summed E-state index contributed by atoms with van der Waals surface area (Å²) < 4.78 is 0. The van der Waals surface area contributed by atoms with Crippen LogP contribution in [0.2, 0.25) is 0 Å². The van der Waals surface area contributed by atoms with Crippen LogP contribution in [-0.4, -0.2) is 12.7 Å². The second-order valence-corrected chi connectivity index (χ2v) is 9.75. The van der Waals surface area contributed by atoms with Gasteiger partial charge in [0, 0.05) is 0 Å². The molecule has 182 valence electrons. The molecule has 0 aliphatic carbocycles. The van der Waals surface area contributed by atoms with Gasteiger partial charge in [-0.15, -0.1) is 0 Å². The van der Waals surface area contributed by atoms with Crippen molar-refractivity contribution in [1.29, 1.82) is 0 Å². The Kier molecular flexibility index (Phi) is 26.9. The lowest BCUT2D eigenvalue weighted by molar-refractivity contribution is 0.485. The average Bonchev–Trinajstić information content (AvgIpc) is 2.76. The molecule has 0 fully saturated rings. The van der Waals surface area contributed by atoms with Crippen LogP contribution in [0.25, 0.3) is 0 Å². The van der Waals surface area contributed by atoms with E-state index in [1.54, 1.807) is 0 Å². The van der Waals surface area contributed by atoms with Crippen LogP contribution in [0.15, 0.2) is 0 Å². The predicted molar refractivity (Wildman–Crippen MR) is 138 cm³/mol. The molecule has 2 heteroatoms. The number of rotatable bonds is 26. The van der Waals surface area contributed by atoms with Crippen LogP contribution in [0.1, 0.15) is 168 Å². The normalized spacial score (nSPS) is 12.5. The number of hydrogen-bond donors (Lipinski definition) is 2. The molecule has 0 radical (unpaired) electrons. The van der Waals surface area contributed by atoms with Crippen molar-refractivity contribution >= 4 is 0 Å². The van der Waals surface area contributed by atoms with Gasteiger partial charge in [0.25, 0.3) is 0 Å². The van der Waals surface area contributed by atoms with Crippen LogP contribution in [0.3, 0.4) is 0 Å². The number of nitrogens with one attached hydrogen (secondary N) is 1. The van der Waals surface area contributed by atoms with E-state index in [0.717, 1.165) is 13.0 Å². The molecule has 2 nitrogen and oxygen atoms in total. The van der Waals surface area contributed by atoms with Gasteiger partial charge in [-0.25, -0.2) is 0 Å². The van der Waals surface area contributed by atoms with E-state index in [1.165, 1.54) is 148 Å². The summed E-state index contributed by atoms with van der Waals surface area (Å²) in [5.74, 6) is 0. The molecule has 0 heterocycles. The summed E-state index contributed by atoms with van der Waals surface area (Å²) in [6, 6.07) is 0. The van der Waals surface area contributed by atoms with Crippen molar-refractivity contribution < 1.29 is 0 Å². The molecular formula is C28H60N2. The van der Waals surface area contributed by atoms with E-state index >= 15 is 0 Å². The highest BCUT2D eigenvalue weighted by molar-refractivity contribution is 4.56. The quantitative estimate of drug-likeness (QED) is 0.107. The number of hydrogen-bond acceptors (Lipinski definition) is 2. The van der Waals surface area contributed by atoms with E-state index in [-0.39, 0.29) is 6.17 Å². The van der Waals surface area contributed by atoms with Crippen LogP contribution in [0.5, 0.6) is 0 Å². The van der Waals surface area contributed by atoms with Gasteiger partial charge in [-0.1, -0.05) is 155 Å². The molecule has 0 saturated carbocycles. The summed E-state index contributed by atoms with van der Waals surface area (Å²) in [7, 11) is 0. The molecule has 1 unspecified atom stereocenters. The molecule has 3 N–H and O–H groups in total. The number of nitrogens with two attached hydrogens (primary N) is 1. The summed E-state index contributed by atoms with van der Waals surface area (Å²) in [6.45, 7) is 5.53.